The van der Waals surface area contributed by atoms with E-state index in [0.717, 1.165) is 28.0 Å². The van der Waals surface area contributed by atoms with Crippen LogP contribution >= 0.6 is 23.5 Å². The second-order valence-corrected chi connectivity index (χ2v) is 14.2. The van der Waals surface area contributed by atoms with Gasteiger partial charge in [0.2, 0.25) is 30.4 Å². The average Bonchev–Trinajstić information content (AvgIpc) is 3.59. The van der Waals surface area contributed by atoms with Crippen LogP contribution in [0.25, 0.3) is 0 Å². The van der Waals surface area contributed by atoms with E-state index in [0.29, 0.717) is 23.4 Å². The molecule has 5 heterocycles. The van der Waals surface area contributed by atoms with Gasteiger partial charge in [0, 0.05) is 54.6 Å². The third kappa shape index (κ3) is 6.68. The lowest BCUT2D eigenvalue weighted by Gasteiger charge is -2.56. The molecular weight excluding hydrogens is 717 g/mol. The van der Waals surface area contributed by atoms with E-state index in [-0.39, 0.29) is 54.7 Å². The summed E-state index contributed by atoms with van der Waals surface area (Å²) in [5, 5.41) is 18.2. The highest BCUT2D eigenvalue weighted by Crippen LogP contribution is 2.46. The minimum absolute atomic E-state index is 0.0292. The Morgan fingerprint density at radius 3 is 2.42 bits per heavy atom. The van der Waals surface area contributed by atoms with Gasteiger partial charge in [0.25, 0.3) is 11.8 Å². The van der Waals surface area contributed by atoms with E-state index < -0.39 is 52.7 Å². The summed E-state index contributed by atoms with van der Waals surface area (Å²) in [5.74, 6) is -4.74. The highest BCUT2D eigenvalue weighted by Gasteiger charge is 2.66. The Labute approximate surface area is 305 Å². The van der Waals surface area contributed by atoms with Crippen LogP contribution in [0.5, 0.6) is 0 Å². The van der Waals surface area contributed by atoms with Gasteiger partial charge in [0.15, 0.2) is 0 Å². The number of carboxylic acid groups (broad SMARTS) is 1. The van der Waals surface area contributed by atoms with Crippen LogP contribution in [-0.4, -0.2) is 116 Å². The second kappa shape index (κ2) is 15.0. The van der Waals surface area contributed by atoms with Gasteiger partial charge in [-0.05, 0) is 24.5 Å². The SMILES string of the molecule is CCN1CCN(C(=O)N[C@@H](C(=O)N[C@]2(NC=O)C(=O)N3C(C(=O)O)=C(CSc4cc[n+](N5CCCC5=O)cc4)CS[C@@H]32)c2ccccc2)C(=O)C1=O. The predicted molar refractivity (Wildman–Crippen MR) is 184 cm³/mol. The molecule has 17 nitrogen and oxygen atoms in total. The lowest BCUT2D eigenvalue weighted by molar-refractivity contribution is -0.682. The molecule has 1 aromatic heterocycles. The van der Waals surface area contributed by atoms with Gasteiger partial charge in [0.1, 0.15) is 17.1 Å². The van der Waals surface area contributed by atoms with Crippen LogP contribution in [0.3, 0.4) is 0 Å². The number of carbonyl (C=O) groups excluding carboxylic acids is 7. The van der Waals surface area contributed by atoms with Crippen molar-refractivity contribution in [2.24, 2.45) is 0 Å². The number of carboxylic acids is 1. The number of pyridine rings is 1. The molecule has 4 aliphatic heterocycles. The largest absolute Gasteiger partial charge is 0.477 e. The first-order valence-electron chi connectivity index (χ1n) is 16.4. The summed E-state index contributed by atoms with van der Waals surface area (Å²) in [6.07, 6.45) is 4.99. The highest BCUT2D eigenvalue weighted by atomic mass is 32.2. The summed E-state index contributed by atoms with van der Waals surface area (Å²) in [6.45, 7) is 2.60. The lowest BCUT2D eigenvalue weighted by Crippen LogP contribution is -2.85. The molecule has 0 bridgehead atoms. The summed E-state index contributed by atoms with van der Waals surface area (Å²) in [6, 6.07) is 9.06. The molecule has 0 unspecified atom stereocenters. The van der Waals surface area contributed by atoms with Crippen molar-refractivity contribution in [1.29, 1.82) is 0 Å². The maximum absolute atomic E-state index is 14.0. The van der Waals surface area contributed by atoms with E-state index in [4.69, 9.17) is 0 Å². The minimum atomic E-state index is -2.07. The van der Waals surface area contributed by atoms with Gasteiger partial charge in [0.05, 0.1) is 6.54 Å². The molecule has 8 amide bonds. The zero-order valence-electron chi connectivity index (χ0n) is 27.9. The molecule has 3 atom stereocenters. The van der Waals surface area contributed by atoms with Crippen LogP contribution in [0.15, 0.2) is 71.0 Å². The zero-order valence-corrected chi connectivity index (χ0v) is 29.5. The Kier molecular flexibility index (Phi) is 10.5. The summed E-state index contributed by atoms with van der Waals surface area (Å²) < 4.78 is 1.71. The van der Waals surface area contributed by atoms with Crippen molar-refractivity contribution in [3.63, 3.8) is 0 Å². The smallest absolute Gasteiger partial charge is 0.352 e. The molecule has 0 radical (unpaired) electrons. The van der Waals surface area contributed by atoms with E-state index in [1.807, 2.05) is 0 Å². The van der Waals surface area contributed by atoms with Gasteiger partial charge < -0.3 is 26.0 Å². The summed E-state index contributed by atoms with van der Waals surface area (Å²) in [4.78, 5) is 107. The van der Waals surface area contributed by atoms with Crippen molar-refractivity contribution in [1.82, 2.24) is 30.7 Å². The molecule has 1 aromatic carbocycles. The van der Waals surface area contributed by atoms with Gasteiger partial charge in [-0.2, -0.15) is 0 Å². The predicted octanol–water partition coefficient (Wildman–Crippen LogP) is -0.721. The van der Waals surface area contributed by atoms with Crippen LogP contribution in [-0.2, 0) is 33.6 Å². The first-order chi connectivity index (χ1) is 25.0. The van der Waals surface area contributed by atoms with Crippen LogP contribution < -0.4 is 25.6 Å². The number of piperazine rings is 1. The van der Waals surface area contributed by atoms with Crippen molar-refractivity contribution in [3.05, 3.63) is 71.7 Å². The maximum atomic E-state index is 14.0. The highest BCUT2D eigenvalue weighted by molar-refractivity contribution is 8.01. The molecule has 6 rings (SSSR count). The number of likely N-dealkylation sites (N-methyl/N-ethyl adjacent to an activating group) is 1. The van der Waals surface area contributed by atoms with E-state index >= 15 is 0 Å². The van der Waals surface area contributed by atoms with Gasteiger partial charge in [-0.3, -0.25) is 38.6 Å². The Bertz CT molecular complexity index is 1860. The van der Waals surface area contributed by atoms with E-state index in [1.165, 1.54) is 28.8 Å². The molecule has 4 aliphatic rings. The molecule has 52 heavy (non-hydrogen) atoms. The van der Waals surface area contributed by atoms with Gasteiger partial charge in [-0.15, -0.1) is 28.5 Å². The number of hydrogen-bond donors (Lipinski definition) is 4. The number of β-lactam (4-membered cyclic amide) rings is 1. The summed E-state index contributed by atoms with van der Waals surface area (Å²) in [7, 11) is 0. The van der Waals surface area contributed by atoms with Crippen LogP contribution in [0.2, 0.25) is 0 Å². The molecule has 0 saturated carbocycles. The average molecular weight is 752 g/mol. The minimum Gasteiger partial charge on any atom is -0.477 e. The molecule has 0 aliphatic carbocycles. The Morgan fingerprint density at radius 1 is 1.06 bits per heavy atom. The number of benzene rings is 1. The number of imide groups is 1. The second-order valence-electron chi connectivity index (χ2n) is 12.1. The molecule has 272 valence electrons. The number of fused-ring (bicyclic) bond motifs is 1. The number of thioether (sulfide) groups is 2. The van der Waals surface area contributed by atoms with Crippen molar-refractivity contribution < 1.29 is 48.1 Å². The lowest BCUT2D eigenvalue weighted by atomic mass is 9.94. The monoisotopic (exact) mass is 751 g/mol. The van der Waals surface area contributed by atoms with Crippen molar-refractivity contribution in [2.45, 2.75) is 41.7 Å². The fourth-order valence-corrected chi connectivity index (χ4v) is 8.85. The number of rotatable bonds is 12. The number of nitrogens with one attached hydrogen (secondary N) is 3. The Balaban J connectivity index is 1.20. The number of carbonyl (C=O) groups is 8. The third-order valence-corrected chi connectivity index (χ3v) is 11.6. The molecule has 0 spiro atoms. The molecule has 3 fully saturated rings. The topological polar surface area (TPSA) is 210 Å². The third-order valence-electron chi connectivity index (χ3n) is 9.08. The number of aromatic nitrogens is 1. The maximum Gasteiger partial charge on any atom is 0.352 e. The van der Waals surface area contributed by atoms with Crippen LogP contribution in [0, 0.1) is 0 Å². The van der Waals surface area contributed by atoms with E-state index in [1.54, 1.807) is 59.3 Å². The number of hydrogen-bond acceptors (Lipinski definition) is 10. The number of amides is 8. The molecule has 2 aromatic rings. The van der Waals surface area contributed by atoms with Gasteiger partial charge in [-0.1, -0.05) is 35.0 Å². The van der Waals surface area contributed by atoms with Gasteiger partial charge >= 0.3 is 23.8 Å². The van der Waals surface area contributed by atoms with Crippen molar-refractivity contribution in [3.8, 4) is 0 Å². The normalized spacial score (nSPS) is 22.1. The Morgan fingerprint density at radius 2 is 1.79 bits per heavy atom. The molecule has 3 saturated heterocycles. The standard InChI is InChI=1S/C33H34N8O9S2/c1-2-37-15-16-39(28(46)27(37)45)32(50)35-24(20-7-4-3-5-8-20)26(44)36-33(34-19-42)30(49)41-25(29(47)48)21(18-52-31(33)41)17-51-22-10-13-38(14-11-22)40-12-6-9-23(40)43/h3-5,7-8,10-11,13-14,19,24,31H,2,6,9,12,15-18H2,1H3,(H3-,34,35,36,42,44,47,48,50)/p+1/t24-,31-,33-/m1/s1. The molecule has 4 N–H and O–H groups in total. The number of urea groups is 1. The molecule has 19 heteroatoms. The first kappa shape index (κ1) is 36.4. The van der Waals surface area contributed by atoms with Crippen molar-refractivity contribution in [2.75, 3.05) is 42.7 Å². The van der Waals surface area contributed by atoms with Crippen LogP contribution in [0.1, 0.15) is 31.4 Å². The first-order valence-corrected chi connectivity index (χ1v) is 18.4. The Hall–Kier alpha value is -5.43. The van der Waals surface area contributed by atoms with Crippen molar-refractivity contribution >= 4 is 71.5 Å². The van der Waals surface area contributed by atoms with E-state index in [9.17, 15) is 43.5 Å². The van der Waals surface area contributed by atoms with Crippen LogP contribution in [0.4, 0.5) is 4.79 Å². The number of aliphatic carboxylic acids is 1. The quantitative estimate of drug-likeness (QED) is 0.0531. The number of nitrogens with zero attached hydrogens (tertiary/aromatic N) is 5. The summed E-state index contributed by atoms with van der Waals surface area (Å²) in [5.41, 5.74) is -1.63. The zero-order chi connectivity index (χ0) is 37.2. The fraction of sp³-hybridized carbons (Fsp3) is 0.364. The molecular formula is C33H35N8O9S2+. The summed E-state index contributed by atoms with van der Waals surface area (Å²) >= 11 is 2.49. The van der Waals surface area contributed by atoms with Gasteiger partial charge in [-0.25, -0.2) is 9.59 Å². The fourth-order valence-electron chi connectivity index (χ4n) is 6.40. The van der Waals surface area contributed by atoms with E-state index in [2.05, 4.69) is 16.0 Å².